The average Bonchev–Trinajstić information content (AvgIpc) is 3.35. The quantitative estimate of drug-likeness (QED) is 0.624. The number of benzene rings is 1. The number of sulfonamides is 1. The summed E-state index contributed by atoms with van der Waals surface area (Å²) in [5.74, 6) is 0.00748. The zero-order valence-corrected chi connectivity index (χ0v) is 16.4. The second-order valence-electron chi connectivity index (χ2n) is 6.24. The first-order chi connectivity index (χ1) is 12.9. The second kappa shape index (κ2) is 7.31. The van der Waals surface area contributed by atoms with Crippen LogP contribution in [0.15, 0.2) is 44.3 Å². The number of thiophene rings is 1. The molecule has 1 aliphatic heterocycles. The Kier molecular flexibility index (Phi) is 5.02. The number of aromatic nitrogens is 2. The van der Waals surface area contributed by atoms with E-state index in [2.05, 4.69) is 10.2 Å². The third-order valence-electron chi connectivity index (χ3n) is 4.47. The van der Waals surface area contributed by atoms with Gasteiger partial charge in [-0.25, -0.2) is 12.8 Å². The van der Waals surface area contributed by atoms with Crippen LogP contribution < -0.4 is 0 Å². The summed E-state index contributed by atoms with van der Waals surface area (Å²) in [6.45, 7) is 0.599. The number of piperidine rings is 1. The fraction of sp³-hybridized carbons (Fsp3) is 0.294. The van der Waals surface area contributed by atoms with E-state index in [0.29, 0.717) is 24.7 Å². The van der Waals surface area contributed by atoms with Crippen molar-refractivity contribution in [1.82, 2.24) is 14.5 Å². The first-order valence-electron chi connectivity index (χ1n) is 8.26. The van der Waals surface area contributed by atoms with Gasteiger partial charge in [-0.1, -0.05) is 11.6 Å². The molecule has 1 fully saturated rings. The molecule has 0 radical (unpaired) electrons. The maximum atomic E-state index is 13.4. The molecule has 3 heterocycles. The minimum Gasteiger partial charge on any atom is -0.420 e. The zero-order chi connectivity index (χ0) is 19.0. The summed E-state index contributed by atoms with van der Waals surface area (Å²) in [6.07, 6.45) is 1.41. The molecular formula is C17H15ClFN3O3S2. The summed E-state index contributed by atoms with van der Waals surface area (Å²) in [6, 6.07) is 5.30. The third kappa shape index (κ3) is 3.64. The molecule has 27 heavy (non-hydrogen) atoms. The van der Waals surface area contributed by atoms with Crippen molar-refractivity contribution in [3.63, 3.8) is 0 Å². The highest BCUT2D eigenvalue weighted by atomic mass is 35.5. The van der Waals surface area contributed by atoms with Crippen LogP contribution >= 0.6 is 22.9 Å². The highest BCUT2D eigenvalue weighted by molar-refractivity contribution is 7.89. The van der Waals surface area contributed by atoms with Crippen molar-refractivity contribution in [2.75, 3.05) is 13.1 Å². The smallest absolute Gasteiger partial charge is 0.248 e. The minimum absolute atomic E-state index is 0.0287. The van der Waals surface area contributed by atoms with Crippen LogP contribution in [0.2, 0.25) is 5.02 Å². The van der Waals surface area contributed by atoms with Gasteiger partial charge in [0.15, 0.2) is 0 Å². The lowest BCUT2D eigenvalue weighted by molar-refractivity contribution is 0.286. The van der Waals surface area contributed by atoms with E-state index in [1.54, 1.807) is 0 Å². The molecule has 0 saturated carbocycles. The lowest BCUT2D eigenvalue weighted by atomic mass is 10.00. The molecule has 1 aromatic carbocycles. The van der Waals surface area contributed by atoms with Crippen molar-refractivity contribution in [1.29, 1.82) is 0 Å². The van der Waals surface area contributed by atoms with Gasteiger partial charge in [0.05, 0.1) is 15.8 Å². The molecule has 0 bridgehead atoms. The van der Waals surface area contributed by atoms with E-state index in [-0.39, 0.29) is 22.4 Å². The summed E-state index contributed by atoms with van der Waals surface area (Å²) < 4.78 is 46.3. The van der Waals surface area contributed by atoms with E-state index in [4.69, 9.17) is 16.0 Å². The van der Waals surface area contributed by atoms with Gasteiger partial charge in [-0.15, -0.1) is 10.2 Å². The molecule has 1 saturated heterocycles. The summed E-state index contributed by atoms with van der Waals surface area (Å²) in [4.78, 5) is -0.0287. The van der Waals surface area contributed by atoms with Gasteiger partial charge in [0.25, 0.3) is 0 Å². The van der Waals surface area contributed by atoms with Crippen LogP contribution in [0.4, 0.5) is 4.39 Å². The standard InChI is InChI=1S/C17H15ClFN3O3S2/c18-14-8-13(3-4-15(14)19)27(23,24)22-6-1-2-11(9-22)16-20-21-17(25-16)12-5-7-26-10-12/h3-5,7-8,10-11H,1-2,6,9H2. The first kappa shape index (κ1) is 18.5. The maximum absolute atomic E-state index is 13.4. The Hall–Kier alpha value is -1.81. The van der Waals surface area contributed by atoms with Crippen molar-refractivity contribution >= 4 is 33.0 Å². The van der Waals surface area contributed by atoms with E-state index >= 15 is 0 Å². The third-order valence-corrected chi connectivity index (χ3v) is 7.30. The van der Waals surface area contributed by atoms with E-state index in [0.717, 1.165) is 24.1 Å². The molecule has 0 spiro atoms. The molecule has 3 aromatic rings. The zero-order valence-electron chi connectivity index (χ0n) is 14.0. The minimum atomic E-state index is -3.78. The maximum Gasteiger partial charge on any atom is 0.248 e. The van der Waals surface area contributed by atoms with Gasteiger partial charge >= 0.3 is 0 Å². The van der Waals surface area contributed by atoms with E-state index in [9.17, 15) is 12.8 Å². The molecule has 6 nitrogen and oxygen atoms in total. The van der Waals surface area contributed by atoms with E-state index in [1.807, 2.05) is 16.8 Å². The number of halogens is 2. The molecule has 1 atom stereocenters. The summed E-state index contributed by atoms with van der Waals surface area (Å²) in [7, 11) is -3.78. The summed E-state index contributed by atoms with van der Waals surface area (Å²) in [5.41, 5.74) is 0.847. The van der Waals surface area contributed by atoms with E-state index < -0.39 is 15.8 Å². The Labute approximate surface area is 164 Å². The second-order valence-corrected chi connectivity index (χ2v) is 9.36. The predicted molar refractivity (Wildman–Crippen MR) is 99.8 cm³/mol. The fourth-order valence-electron chi connectivity index (χ4n) is 3.05. The summed E-state index contributed by atoms with van der Waals surface area (Å²) >= 11 is 7.27. The lowest BCUT2D eigenvalue weighted by Gasteiger charge is -2.30. The highest BCUT2D eigenvalue weighted by Crippen LogP contribution is 2.32. The van der Waals surface area contributed by atoms with Gasteiger partial charge in [-0.3, -0.25) is 0 Å². The Morgan fingerprint density at radius 2 is 2.15 bits per heavy atom. The SMILES string of the molecule is O=S(=O)(c1ccc(F)c(Cl)c1)N1CCCC(c2nnc(-c3ccsc3)o2)C1. The van der Waals surface area contributed by atoms with Crippen LogP contribution in [0.5, 0.6) is 0 Å². The van der Waals surface area contributed by atoms with Crippen LogP contribution in [0, 0.1) is 5.82 Å². The van der Waals surface area contributed by atoms with Crippen molar-refractivity contribution < 1.29 is 17.2 Å². The summed E-state index contributed by atoms with van der Waals surface area (Å²) in [5, 5.41) is 11.8. The molecule has 0 amide bonds. The molecule has 1 aliphatic rings. The molecular weight excluding hydrogens is 413 g/mol. The number of hydrogen-bond acceptors (Lipinski definition) is 6. The van der Waals surface area contributed by atoms with Crippen LogP contribution in [0.3, 0.4) is 0 Å². The Morgan fingerprint density at radius 1 is 1.30 bits per heavy atom. The monoisotopic (exact) mass is 427 g/mol. The van der Waals surface area contributed by atoms with Crippen molar-refractivity contribution in [2.45, 2.75) is 23.7 Å². The fourth-order valence-corrected chi connectivity index (χ4v) is 5.48. The topological polar surface area (TPSA) is 76.3 Å². The van der Waals surface area contributed by atoms with Gasteiger partial charge in [-0.05, 0) is 42.5 Å². The molecule has 0 aliphatic carbocycles. The molecule has 1 unspecified atom stereocenters. The molecule has 4 rings (SSSR count). The van der Waals surface area contributed by atoms with Crippen LogP contribution in [0.1, 0.15) is 24.7 Å². The Balaban J connectivity index is 1.56. The number of hydrogen-bond donors (Lipinski definition) is 0. The first-order valence-corrected chi connectivity index (χ1v) is 11.0. The molecule has 142 valence electrons. The van der Waals surface area contributed by atoms with Gasteiger partial charge < -0.3 is 4.42 Å². The normalized spacial score (nSPS) is 18.7. The van der Waals surface area contributed by atoms with Crippen LogP contribution in [-0.4, -0.2) is 36.0 Å². The van der Waals surface area contributed by atoms with Crippen molar-refractivity contribution in [3.05, 3.63) is 51.8 Å². The molecule has 0 N–H and O–H groups in total. The Morgan fingerprint density at radius 3 is 2.89 bits per heavy atom. The van der Waals surface area contributed by atoms with Gasteiger partial charge in [-0.2, -0.15) is 15.6 Å². The lowest BCUT2D eigenvalue weighted by Crippen LogP contribution is -2.39. The number of rotatable bonds is 4. The Bertz CT molecular complexity index is 1050. The van der Waals surface area contributed by atoms with Gasteiger partial charge in [0, 0.05) is 24.0 Å². The average molecular weight is 428 g/mol. The van der Waals surface area contributed by atoms with Crippen molar-refractivity contribution in [3.8, 4) is 11.5 Å². The predicted octanol–water partition coefficient (Wildman–Crippen LogP) is 4.16. The highest BCUT2D eigenvalue weighted by Gasteiger charge is 2.33. The van der Waals surface area contributed by atoms with E-state index in [1.165, 1.54) is 21.7 Å². The van der Waals surface area contributed by atoms with Gasteiger partial charge in [0.1, 0.15) is 5.82 Å². The van der Waals surface area contributed by atoms with Crippen LogP contribution in [-0.2, 0) is 10.0 Å². The number of nitrogens with zero attached hydrogens (tertiary/aromatic N) is 3. The molecule has 10 heteroatoms. The van der Waals surface area contributed by atoms with Gasteiger partial charge in [0.2, 0.25) is 21.8 Å². The largest absolute Gasteiger partial charge is 0.420 e. The molecule has 2 aromatic heterocycles. The van der Waals surface area contributed by atoms with Crippen molar-refractivity contribution in [2.24, 2.45) is 0 Å². The van der Waals surface area contributed by atoms with Crippen LogP contribution in [0.25, 0.3) is 11.5 Å².